The van der Waals surface area contributed by atoms with E-state index in [9.17, 15) is 14.4 Å². The highest BCUT2D eigenvalue weighted by Crippen LogP contribution is 2.07. The first-order chi connectivity index (χ1) is 14.1. The van der Waals surface area contributed by atoms with Gasteiger partial charge >= 0.3 is 0 Å². The van der Waals surface area contributed by atoms with Crippen molar-refractivity contribution in [1.82, 2.24) is 10.6 Å². The maximum atomic E-state index is 12.1. The second kappa shape index (κ2) is 16.2. The molecule has 0 aromatic heterocycles. The molecule has 5 heteroatoms. The first-order valence-electron chi connectivity index (χ1n) is 10.5. The predicted molar refractivity (Wildman–Crippen MR) is 125 cm³/mol. The van der Waals surface area contributed by atoms with E-state index in [0.29, 0.717) is 13.1 Å². The summed E-state index contributed by atoms with van der Waals surface area (Å²) in [6.45, 7) is 13.0. The molecule has 0 aromatic rings. The number of hydrogen-bond acceptors (Lipinski definition) is 3. The molecule has 0 saturated heterocycles. The number of nitrogens with one attached hydrogen (secondary N) is 2. The third-order valence-corrected chi connectivity index (χ3v) is 4.38. The molecule has 2 amide bonds. The fourth-order valence-corrected chi connectivity index (χ4v) is 2.53. The third kappa shape index (κ3) is 15.3. The van der Waals surface area contributed by atoms with Gasteiger partial charge in [0, 0.05) is 13.1 Å². The van der Waals surface area contributed by atoms with Gasteiger partial charge in [-0.15, -0.1) is 0 Å². The van der Waals surface area contributed by atoms with E-state index in [1.165, 1.54) is 16.7 Å². The Balaban J connectivity index is 4.36. The lowest BCUT2D eigenvalue weighted by atomic mass is 10.1. The largest absolute Gasteiger partial charge is 0.352 e. The summed E-state index contributed by atoms with van der Waals surface area (Å²) >= 11 is 0. The Hall–Kier alpha value is -2.65. The van der Waals surface area contributed by atoms with Gasteiger partial charge in [-0.05, 0) is 67.2 Å². The van der Waals surface area contributed by atoms with Crippen molar-refractivity contribution in [3.8, 4) is 0 Å². The number of carbonyl (C=O) groups is 2. The van der Waals surface area contributed by atoms with Crippen molar-refractivity contribution < 1.29 is 14.4 Å². The second-order valence-electron chi connectivity index (χ2n) is 8.01. The Bertz CT molecular complexity index is 740. The Labute approximate surface area is 182 Å². The summed E-state index contributed by atoms with van der Waals surface area (Å²) in [5.74, 6) is 0.675. The number of hydrogen-bond donors (Lipinski definition) is 2. The van der Waals surface area contributed by atoms with Gasteiger partial charge in [0.2, 0.25) is 5.91 Å². The molecule has 0 aromatic carbocycles. The summed E-state index contributed by atoms with van der Waals surface area (Å²) in [7, 11) is 0. The van der Waals surface area contributed by atoms with Gasteiger partial charge in [-0.2, -0.15) is 0 Å². The molecular formula is C25H38N2O3. The van der Waals surface area contributed by atoms with E-state index >= 15 is 0 Å². The van der Waals surface area contributed by atoms with E-state index in [1.807, 2.05) is 26.0 Å². The standard InChI is InChI=1S/C25H38N2O3/c1-19(2)9-7-11-21(5)13-15-26-24(29)17-23(18-28)25(30)27-16-14-22(6)12-8-10-20(3)4/h9-10,13-14H,7-8,11-12,15-17H2,1-6H3,(H,26,29)(H,27,30). The maximum absolute atomic E-state index is 12.1. The quantitative estimate of drug-likeness (QED) is 0.259. The van der Waals surface area contributed by atoms with E-state index in [2.05, 4.69) is 50.5 Å². The molecule has 0 fully saturated rings. The smallest absolute Gasteiger partial charge is 0.259 e. The zero-order chi connectivity index (χ0) is 22.9. The third-order valence-electron chi connectivity index (χ3n) is 4.38. The molecule has 30 heavy (non-hydrogen) atoms. The fraction of sp³-hybridized carbons (Fsp3) is 0.520. The highest BCUT2D eigenvalue weighted by atomic mass is 16.2. The molecule has 2 N–H and O–H groups in total. The summed E-state index contributed by atoms with van der Waals surface area (Å²) in [6.07, 6.45) is 11.7. The molecule has 0 bridgehead atoms. The van der Waals surface area contributed by atoms with Crippen LogP contribution in [0.4, 0.5) is 0 Å². The molecule has 0 aliphatic rings. The van der Waals surface area contributed by atoms with Crippen molar-refractivity contribution in [2.45, 2.75) is 73.6 Å². The molecule has 0 aliphatic heterocycles. The van der Waals surface area contributed by atoms with E-state index < -0.39 is 5.91 Å². The van der Waals surface area contributed by atoms with Crippen molar-refractivity contribution in [3.63, 3.8) is 0 Å². The Kier molecular flexibility index (Phi) is 14.8. The van der Waals surface area contributed by atoms with Gasteiger partial charge < -0.3 is 10.6 Å². The molecule has 0 rings (SSSR count). The van der Waals surface area contributed by atoms with E-state index in [-0.39, 0.29) is 17.9 Å². The molecule has 0 heterocycles. The normalized spacial score (nSPS) is 11.3. The lowest BCUT2D eigenvalue weighted by Gasteiger charge is -2.06. The number of allylic oxidation sites excluding steroid dienone is 6. The van der Waals surface area contributed by atoms with Gasteiger partial charge in [-0.3, -0.25) is 9.59 Å². The Morgan fingerprint density at radius 1 is 0.733 bits per heavy atom. The van der Waals surface area contributed by atoms with Crippen LogP contribution in [0.1, 0.15) is 73.6 Å². The molecule has 0 unspecified atom stereocenters. The molecular weight excluding hydrogens is 376 g/mol. The van der Waals surface area contributed by atoms with Gasteiger partial charge in [0.25, 0.3) is 5.91 Å². The minimum Gasteiger partial charge on any atom is -0.352 e. The van der Waals surface area contributed by atoms with Crippen LogP contribution < -0.4 is 10.6 Å². The SMILES string of the molecule is CC(C)=CCCC(C)=CCNC(=O)CC(=C=O)C(=O)NCC=C(C)CCC=C(C)C. The first-order valence-corrected chi connectivity index (χ1v) is 10.5. The summed E-state index contributed by atoms with van der Waals surface area (Å²) in [6, 6.07) is 0. The summed E-state index contributed by atoms with van der Waals surface area (Å²) in [5.41, 5.74) is 4.73. The van der Waals surface area contributed by atoms with E-state index in [4.69, 9.17) is 0 Å². The summed E-state index contributed by atoms with van der Waals surface area (Å²) in [5, 5.41) is 5.36. The van der Waals surface area contributed by atoms with Gasteiger partial charge in [-0.1, -0.05) is 46.6 Å². The predicted octanol–water partition coefficient (Wildman–Crippen LogP) is 4.75. The van der Waals surface area contributed by atoms with Crippen LogP contribution in [0.3, 0.4) is 0 Å². The first kappa shape index (κ1) is 27.4. The average molecular weight is 415 g/mol. The van der Waals surface area contributed by atoms with Crippen LogP contribution in [0.5, 0.6) is 0 Å². The lowest BCUT2D eigenvalue weighted by molar-refractivity contribution is -0.123. The number of amides is 2. The number of carbonyl (C=O) groups excluding carboxylic acids is 3. The molecule has 0 spiro atoms. The summed E-state index contributed by atoms with van der Waals surface area (Å²) in [4.78, 5) is 35.2. The van der Waals surface area contributed by atoms with Crippen molar-refractivity contribution >= 4 is 17.8 Å². The van der Waals surface area contributed by atoms with Gasteiger partial charge in [0.1, 0.15) is 11.5 Å². The molecule has 0 radical (unpaired) electrons. The Morgan fingerprint density at radius 3 is 1.63 bits per heavy atom. The summed E-state index contributed by atoms with van der Waals surface area (Å²) < 4.78 is 0. The zero-order valence-electron chi connectivity index (χ0n) is 19.5. The monoisotopic (exact) mass is 414 g/mol. The topological polar surface area (TPSA) is 75.3 Å². The zero-order valence-corrected chi connectivity index (χ0v) is 19.5. The van der Waals surface area contributed by atoms with E-state index in [1.54, 1.807) is 5.94 Å². The number of rotatable bonds is 13. The van der Waals surface area contributed by atoms with E-state index in [0.717, 1.165) is 31.3 Å². The van der Waals surface area contributed by atoms with Crippen molar-refractivity contribution in [1.29, 1.82) is 0 Å². The molecule has 0 saturated carbocycles. The minimum atomic E-state index is -0.554. The van der Waals surface area contributed by atoms with Crippen LogP contribution in [0.15, 0.2) is 52.2 Å². The second-order valence-corrected chi connectivity index (χ2v) is 8.01. The van der Waals surface area contributed by atoms with Crippen molar-refractivity contribution in [2.24, 2.45) is 0 Å². The Morgan fingerprint density at radius 2 is 1.20 bits per heavy atom. The molecule has 0 atom stereocenters. The molecule has 5 nitrogen and oxygen atoms in total. The van der Waals surface area contributed by atoms with Gasteiger partial charge in [0.05, 0.1) is 6.42 Å². The highest BCUT2D eigenvalue weighted by Gasteiger charge is 2.14. The fourth-order valence-electron chi connectivity index (χ4n) is 2.53. The average Bonchev–Trinajstić information content (AvgIpc) is 2.65. The van der Waals surface area contributed by atoms with Gasteiger partial charge in [0.15, 0.2) is 0 Å². The lowest BCUT2D eigenvalue weighted by Crippen LogP contribution is -2.30. The van der Waals surface area contributed by atoms with Gasteiger partial charge in [-0.25, -0.2) is 4.79 Å². The molecule has 0 aliphatic carbocycles. The maximum Gasteiger partial charge on any atom is 0.259 e. The van der Waals surface area contributed by atoms with Crippen molar-refractivity contribution in [2.75, 3.05) is 13.1 Å². The minimum absolute atomic E-state index is 0.188. The molecule has 166 valence electrons. The van der Waals surface area contributed by atoms with Crippen LogP contribution in [0.25, 0.3) is 0 Å². The van der Waals surface area contributed by atoms with Crippen molar-refractivity contribution in [3.05, 3.63) is 52.2 Å². The van der Waals surface area contributed by atoms with Crippen LogP contribution in [-0.4, -0.2) is 30.8 Å². The highest BCUT2D eigenvalue weighted by molar-refractivity contribution is 6.04. The van der Waals surface area contributed by atoms with Crippen LogP contribution in [-0.2, 0) is 14.4 Å². The van der Waals surface area contributed by atoms with Crippen LogP contribution in [0.2, 0.25) is 0 Å². The van der Waals surface area contributed by atoms with Crippen LogP contribution in [0, 0.1) is 0 Å². The van der Waals surface area contributed by atoms with Crippen LogP contribution >= 0.6 is 0 Å².